The Labute approximate surface area is 126 Å². The molecule has 1 aromatic carbocycles. The molecule has 1 atom stereocenters. The van der Waals surface area contributed by atoms with Gasteiger partial charge < -0.3 is 10.0 Å². The minimum absolute atomic E-state index is 0.717. The van der Waals surface area contributed by atoms with Crippen LogP contribution in [-0.2, 0) is 5.60 Å². The molecular formula is C18H24N2O. The second-order valence-corrected chi connectivity index (χ2v) is 6.13. The molecule has 1 N–H and O–H groups in total. The van der Waals surface area contributed by atoms with Crippen LogP contribution in [0.1, 0.15) is 38.2 Å². The maximum atomic E-state index is 11.3. The summed E-state index contributed by atoms with van der Waals surface area (Å²) >= 11 is 0. The lowest BCUT2D eigenvalue weighted by atomic mass is 9.84. The standard InChI is InChI=1S/C18H24N2O/c1-2-11-20-12-4-8-18(21,9-13-20)17-6-3-5-15-7-10-19-14-16(15)17/h3,5-7,10,14,21H,2,4,8-9,11-13H2,1H3. The Morgan fingerprint density at radius 2 is 2.14 bits per heavy atom. The Kier molecular flexibility index (Phi) is 4.22. The van der Waals surface area contributed by atoms with Gasteiger partial charge in [0.15, 0.2) is 0 Å². The lowest BCUT2D eigenvalue weighted by molar-refractivity contribution is 0.0227. The van der Waals surface area contributed by atoms with Crippen molar-refractivity contribution in [2.75, 3.05) is 19.6 Å². The van der Waals surface area contributed by atoms with Crippen molar-refractivity contribution in [2.24, 2.45) is 0 Å². The van der Waals surface area contributed by atoms with Crippen LogP contribution in [0.5, 0.6) is 0 Å². The summed E-state index contributed by atoms with van der Waals surface area (Å²) in [5, 5.41) is 13.5. The number of nitrogens with zero attached hydrogens (tertiary/aromatic N) is 2. The Balaban J connectivity index is 1.93. The van der Waals surface area contributed by atoms with Crippen LogP contribution in [-0.4, -0.2) is 34.6 Å². The summed E-state index contributed by atoms with van der Waals surface area (Å²) in [7, 11) is 0. The van der Waals surface area contributed by atoms with Gasteiger partial charge in [-0.3, -0.25) is 4.98 Å². The predicted octanol–water partition coefficient (Wildman–Crippen LogP) is 3.32. The molecule has 1 unspecified atom stereocenters. The van der Waals surface area contributed by atoms with E-state index in [1.807, 2.05) is 24.5 Å². The van der Waals surface area contributed by atoms with E-state index in [0.717, 1.165) is 55.2 Å². The molecule has 0 saturated carbocycles. The first kappa shape index (κ1) is 14.5. The topological polar surface area (TPSA) is 36.4 Å². The van der Waals surface area contributed by atoms with Crippen molar-refractivity contribution in [3.63, 3.8) is 0 Å². The van der Waals surface area contributed by atoms with E-state index in [0.29, 0.717) is 0 Å². The Morgan fingerprint density at radius 3 is 3.00 bits per heavy atom. The number of hydrogen-bond acceptors (Lipinski definition) is 3. The maximum absolute atomic E-state index is 11.3. The summed E-state index contributed by atoms with van der Waals surface area (Å²) in [6, 6.07) is 8.22. The molecule has 3 heteroatoms. The highest BCUT2D eigenvalue weighted by Gasteiger charge is 2.33. The van der Waals surface area contributed by atoms with E-state index >= 15 is 0 Å². The molecular weight excluding hydrogens is 260 g/mol. The zero-order chi connectivity index (χ0) is 14.7. The predicted molar refractivity (Wildman–Crippen MR) is 86.2 cm³/mol. The van der Waals surface area contributed by atoms with Gasteiger partial charge in [0.05, 0.1) is 5.60 Å². The summed E-state index contributed by atoms with van der Waals surface area (Å²) in [6.07, 6.45) is 7.57. The van der Waals surface area contributed by atoms with Crippen LogP contribution >= 0.6 is 0 Å². The number of hydrogen-bond donors (Lipinski definition) is 1. The van der Waals surface area contributed by atoms with E-state index in [9.17, 15) is 5.11 Å². The SMILES string of the molecule is CCCN1CCCC(O)(c2cccc3ccncc23)CC1. The Morgan fingerprint density at radius 1 is 1.24 bits per heavy atom. The van der Waals surface area contributed by atoms with Gasteiger partial charge in [0.25, 0.3) is 0 Å². The smallest absolute Gasteiger partial charge is 0.0915 e. The van der Waals surface area contributed by atoms with Gasteiger partial charge in [-0.15, -0.1) is 0 Å². The van der Waals surface area contributed by atoms with Gasteiger partial charge in [-0.1, -0.05) is 25.1 Å². The van der Waals surface area contributed by atoms with Crippen LogP contribution < -0.4 is 0 Å². The fourth-order valence-corrected chi connectivity index (χ4v) is 3.50. The van der Waals surface area contributed by atoms with Crippen LogP contribution in [0.15, 0.2) is 36.7 Å². The lowest BCUT2D eigenvalue weighted by Crippen LogP contribution is -2.29. The zero-order valence-electron chi connectivity index (χ0n) is 12.8. The third-order valence-electron chi connectivity index (χ3n) is 4.63. The first-order valence-electron chi connectivity index (χ1n) is 8.01. The second kappa shape index (κ2) is 6.12. The highest BCUT2D eigenvalue weighted by molar-refractivity contribution is 5.85. The molecule has 1 aromatic heterocycles. The molecule has 1 saturated heterocycles. The van der Waals surface area contributed by atoms with Crippen molar-refractivity contribution in [1.29, 1.82) is 0 Å². The quantitative estimate of drug-likeness (QED) is 0.939. The summed E-state index contributed by atoms with van der Waals surface area (Å²) in [4.78, 5) is 6.72. The van der Waals surface area contributed by atoms with Crippen LogP contribution in [0.4, 0.5) is 0 Å². The number of benzene rings is 1. The number of rotatable bonds is 3. The van der Waals surface area contributed by atoms with E-state index in [2.05, 4.69) is 28.9 Å². The number of likely N-dealkylation sites (tertiary alicyclic amines) is 1. The molecule has 1 fully saturated rings. The number of aromatic nitrogens is 1. The van der Waals surface area contributed by atoms with Crippen LogP contribution in [0.3, 0.4) is 0 Å². The molecule has 112 valence electrons. The molecule has 2 heterocycles. The second-order valence-electron chi connectivity index (χ2n) is 6.13. The number of fused-ring (bicyclic) bond motifs is 1. The highest BCUT2D eigenvalue weighted by Crippen LogP contribution is 2.36. The summed E-state index contributed by atoms with van der Waals surface area (Å²) in [5.41, 5.74) is 0.330. The molecule has 3 rings (SSSR count). The third kappa shape index (κ3) is 2.94. The minimum Gasteiger partial charge on any atom is -0.385 e. The largest absolute Gasteiger partial charge is 0.385 e. The van der Waals surface area contributed by atoms with Gasteiger partial charge >= 0.3 is 0 Å². The Hall–Kier alpha value is -1.45. The molecule has 0 bridgehead atoms. The van der Waals surface area contributed by atoms with Crippen molar-refractivity contribution in [1.82, 2.24) is 9.88 Å². The fourth-order valence-electron chi connectivity index (χ4n) is 3.50. The van der Waals surface area contributed by atoms with Gasteiger partial charge in [0, 0.05) is 24.3 Å². The molecule has 3 nitrogen and oxygen atoms in total. The van der Waals surface area contributed by atoms with E-state index in [-0.39, 0.29) is 0 Å². The van der Waals surface area contributed by atoms with Crippen LogP contribution in [0.2, 0.25) is 0 Å². The molecule has 21 heavy (non-hydrogen) atoms. The van der Waals surface area contributed by atoms with Gasteiger partial charge in [-0.2, -0.15) is 0 Å². The van der Waals surface area contributed by atoms with Crippen molar-refractivity contribution >= 4 is 10.8 Å². The van der Waals surface area contributed by atoms with E-state index in [1.165, 1.54) is 6.42 Å². The summed E-state index contributed by atoms with van der Waals surface area (Å²) < 4.78 is 0. The first-order chi connectivity index (χ1) is 10.2. The summed E-state index contributed by atoms with van der Waals surface area (Å²) in [6.45, 7) is 5.42. The number of pyridine rings is 1. The van der Waals surface area contributed by atoms with Crippen molar-refractivity contribution in [3.05, 3.63) is 42.2 Å². The Bertz CT molecular complexity index is 608. The van der Waals surface area contributed by atoms with Crippen molar-refractivity contribution in [3.8, 4) is 0 Å². The van der Waals surface area contributed by atoms with Gasteiger partial charge in [0.2, 0.25) is 0 Å². The molecule has 1 aliphatic heterocycles. The fraction of sp³-hybridized carbons (Fsp3) is 0.500. The molecule has 0 aliphatic carbocycles. The van der Waals surface area contributed by atoms with E-state index in [4.69, 9.17) is 0 Å². The first-order valence-corrected chi connectivity index (χ1v) is 8.01. The molecule has 0 amide bonds. The zero-order valence-corrected chi connectivity index (χ0v) is 12.8. The third-order valence-corrected chi connectivity index (χ3v) is 4.63. The van der Waals surface area contributed by atoms with E-state index in [1.54, 1.807) is 0 Å². The molecule has 0 spiro atoms. The van der Waals surface area contributed by atoms with Gasteiger partial charge in [-0.25, -0.2) is 0 Å². The number of aliphatic hydroxyl groups is 1. The molecule has 0 radical (unpaired) electrons. The lowest BCUT2D eigenvalue weighted by Gasteiger charge is -2.28. The molecule has 1 aliphatic rings. The average Bonchev–Trinajstić information content (AvgIpc) is 2.70. The highest BCUT2D eigenvalue weighted by atomic mass is 16.3. The van der Waals surface area contributed by atoms with Crippen LogP contribution in [0.25, 0.3) is 10.8 Å². The normalized spacial score (nSPS) is 24.1. The molecule has 2 aromatic rings. The average molecular weight is 284 g/mol. The van der Waals surface area contributed by atoms with E-state index < -0.39 is 5.60 Å². The monoisotopic (exact) mass is 284 g/mol. The maximum Gasteiger partial charge on any atom is 0.0915 e. The minimum atomic E-state index is -0.717. The van der Waals surface area contributed by atoms with Gasteiger partial charge in [-0.05, 0) is 55.8 Å². The van der Waals surface area contributed by atoms with Crippen LogP contribution in [0, 0.1) is 0 Å². The summed E-state index contributed by atoms with van der Waals surface area (Å²) in [5.74, 6) is 0. The van der Waals surface area contributed by atoms with Crippen molar-refractivity contribution < 1.29 is 5.11 Å². The van der Waals surface area contributed by atoms with Gasteiger partial charge in [0.1, 0.15) is 0 Å². The van der Waals surface area contributed by atoms with Crippen molar-refractivity contribution in [2.45, 2.75) is 38.2 Å².